The highest BCUT2D eigenvalue weighted by atomic mass is 16.5. The number of rotatable bonds is 8. The predicted molar refractivity (Wildman–Crippen MR) is 124 cm³/mol. The molecule has 0 saturated heterocycles. The largest absolute Gasteiger partial charge is 0.481 e. The second-order valence-electron chi connectivity index (χ2n) is 7.68. The summed E-state index contributed by atoms with van der Waals surface area (Å²) in [7, 11) is 0. The first kappa shape index (κ1) is 20.7. The lowest BCUT2D eigenvalue weighted by Crippen LogP contribution is -2.08. The molecule has 158 valence electrons. The molecule has 0 unspecified atom stereocenters. The van der Waals surface area contributed by atoms with Gasteiger partial charge in [0.15, 0.2) is 0 Å². The maximum Gasteiger partial charge on any atom is 0.304 e. The van der Waals surface area contributed by atoms with Crippen LogP contribution in [0.3, 0.4) is 0 Å². The van der Waals surface area contributed by atoms with Gasteiger partial charge < -0.3 is 14.4 Å². The molecule has 4 aromatic rings. The van der Waals surface area contributed by atoms with Crippen LogP contribution in [0.4, 0.5) is 0 Å². The number of benzene rings is 3. The molecule has 0 bridgehead atoms. The van der Waals surface area contributed by atoms with Crippen LogP contribution in [0.5, 0.6) is 11.5 Å². The topological polar surface area (TPSA) is 51.5 Å². The van der Waals surface area contributed by atoms with E-state index in [0.29, 0.717) is 5.75 Å². The fourth-order valence-corrected chi connectivity index (χ4v) is 4.28. The number of ether oxygens (including phenoxy) is 1. The van der Waals surface area contributed by atoms with Crippen LogP contribution in [-0.2, 0) is 17.8 Å². The SMILES string of the molecule is CCc1cccc2c([C@H](CC(=O)O)c3cccc(Oc4ccccc4)c3)cn(CC)c12. The Morgan fingerprint density at radius 2 is 1.71 bits per heavy atom. The quantitative estimate of drug-likeness (QED) is 0.353. The second kappa shape index (κ2) is 9.09. The summed E-state index contributed by atoms with van der Waals surface area (Å²) in [4.78, 5) is 11.8. The summed E-state index contributed by atoms with van der Waals surface area (Å²) in [5.74, 6) is 0.375. The molecule has 1 heterocycles. The number of hydrogen-bond acceptors (Lipinski definition) is 2. The van der Waals surface area contributed by atoms with Crippen molar-refractivity contribution in [3.63, 3.8) is 0 Å². The normalized spacial score (nSPS) is 12.1. The molecular formula is C27H27NO3. The molecule has 0 aliphatic carbocycles. The highest BCUT2D eigenvalue weighted by molar-refractivity contribution is 5.88. The van der Waals surface area contributed by atoms with Crippen molar-refractivity contribution in [1.29, 1.82) is 0 Å². The van der Waals surface area contributed by atoms with Gasteiger partial charge in [-0.1, -0.05) is 55.5 Å². The molecule has 0 spiro atoms. The lowest BCUT2D eigenvalue weighted by Gasteiger charge is -2.17. The first-order valence-electron chi connectivity index (χ1n) is 10.8. The van der Waals surface area contributed by atoms with Crippen LogP contribution in [0.15, 0.2) is 79.0 Å². The lowest BCUT2D eigenvalue weighted by atomic mass is 9.88. The maximum atomic E-state index is 11.8. The predicted octanol–water partition coefficient (Wildman–Crippen LogP) is 6.62. The fraction of sp³-hybridized carbons (Fsp3) is 0.222. The Kier molecular flexibility index (Phi) is 6.08. The van der Waals surface area contributed by atoms with Crippen molar-refractivity contribution < 1.29 is 14.6 Å². The fourth-order valence-electron chi connectivity index (χ4n) is 4.28. The first-order chi connectivity index (χ1) is 15.1. The number of carboxylic acids is 1. The second-order valence-corrected chi connectivity index (χ2v) is 7.68. The zero-order valence-corrected chi connectivity index (χ0v) is 17.9. The van der Waals surface area contributed by atoms with E-state index in [1.807, 2.05) is 54.6 Å². The highest BCUT2D eigenvalue weighted by Crippen LogP contribution is 2.37. The lowest BCUT2D eigenvalue weighted by molar-refractivity contribution is -0.137. The molecular weight excluding hydrogens is 386 g/mol. The van der Waals surface area contributed by atoms with Crippen molar-refractivity contribution in [2.75, 3.05) is 0 Å². The van der Waals surface area contributed by atoms with Crippen LogP contribution in [0.1, 0.15) is 42.9 Å². The summed E-state index contributed by atoms with van der Waals surface area (Å²) in [6.45, 7) is 5.11. The van der Waals surface area contributed by atoms with Gasteiger partial charge >= 0.3 is 5.97 Å². The summed E-state index contributed by atoms with van der Waals surface area (Å²) < 4.78 is 8.25. The van der Waals surface area contributed by atoms with Crippen LogP contribution in [0, 0.1) is 0 Å². The number of carboxylic acid groups (broad SMARTS) is 1. The van der Waals surface area contributed by atoms with Gasteiger partial charge in [-0.3, -0.25) is 4.79 Å². The average molecular weight is 414 g/mol. The van der Waals surface area contributed by atoms with E-state index in [2.05, 4.69) is 42.8 Å². The summed E-state index contributed by atoms with van der Waals surface area (Å²) in [5, 5.41) is 10.8. The molecule has 0 radical (unpaired) electrons. The molecule has 3 aromatic carbocycles. The van der Waals surface area contributed by atoms with E-state index < -0.39 is 5.97 Å². The van der Waals surface area contributed by atoms with Crippen LogP contribution in [0.2, 0.25) is 0 Å². The van der Waals surface area contributed by atoms with E-state index in [-0.39, 0.29) is 12.3 Å². The smallest absolute Gasteiger partial charge is 0.304 e. The average Bonchev–Trinajstić information content (AvgIpc) is 3.17. The molecule has 1 N–H and O–H groups in total. The number of aromatic nitrogens is 1. The minimum atomic E-state index is -0.816. The number of aryl methyl sites for hydroxylation is 2. The van der Waals surface area contributed by atoms with E-state index in [1.165, 1.54) is 11.1 Å². The van der Waals surface area contributed by atoms with Crippen molar-refractivity contribution in [2.24, 2.45) is 0 Å². The van der Waals surface area contributed by atoms with E-state index >= 15 is 0 Å². The summed E-state index contributed by atoms with van der Waals surface area (Å²) >= 11 is 0. The molecule has 0 aliphatic rings. The third kappa shape index (κ3) is 4.33. The van der Waals surface area contributed by atoms with Crippen LogP contribution in [-0.4, -0.2) is 15.6 Å². The first-order valence-corrected chi connectivity index (χ1v) is 10.8. The Labute approximate surface area is 182 Å². The van der Waals surface area contributed by atoms with Gasteiger partial charge in [-0.05, 0) is 54.3 Å². The third-order valence-electron chi connectivity index (χ3n) is 5.73. The molecule has 31 heavy (non-hydrogen) atoms. The van der Waals surface area contributed by atoms with Crippen molar-refractivity contribution in [3.05, 3.63) is 95.7 Å². The molecule has 0 saturated carbocycles. The monoisotopic (exact) mass is 413 g/mol. The summed E-state index contributed by atoms with van der Waals surface area (Å²) in [5.41, 5.74) is 4.47. The van der Waals surface area contributed by atoms with E-state index in [1.54, 1.807) is 0 Å². The van der Waals surface area contributed by atoms with Crippen molar-refractivity contribution >= 4 is 16.9 Å². The standard InChI is InChI=1S/C27H27NO3/c1-3-19-10-9-15-23-25(18-28(4-2)27(19)23)24(17-26(29)30)20-11-8-14-22(16-20)31-21-12-6-5-7-13-21/h5-16,18,24H,3-4,17H2,1-2H3,(H,29,30)/t24-/m1/s1. The Morgan fingerprint density at radius 3 is 2.42 bits per heavy atom. The molecule has 1 aromatic heterocycles. The van der Waals surface area contributed by atoms with Crippen molar-refractivity contribution in [1.82, 2.24) is 4.57 Å². The van der Waals surface area contributed by atoms with Gasteiger partial charge in [-0.15, -0.1) is 0 Å². The van der Waals surface area contributed by atoms with Crippen LogP contribution >= 0.6 is 0 Å². The molecule has 0 fully saturated rings. The molecule has 0 aliphatic heterocycles. The van der Waals surface area contributed by atoms with Gasteiger partial charge in [0.25, 0.3) is 0 Å². The molecule has 1 atom stereocenters. The Hall–Kier alpha value is -3.53. The van der Waals surface area contributed by atoms with Gasteiger partial charge in [0.05, 0.1) is 11.9 Å². The molecule has 4 rings (SSSR count). The zero-order valence-electron chi connectivity index (χ0n) is 17.9. The minimum absolute atomic E-state index is 0.0218. The number of carbonyl (C=O) groups is 1. The Bertz CT molecular complexity index is 1190. The van der Waals surface area contributed by atoms with Crippen molar-refractivity contribution in [2.45, 2.75) is 39.2 Å². The molecule has 4 heteroatoms. The van der Waals surface area contributed by atoms with Crippen LogP contribution < -0.4 is 4.74 Å². The Morgan fingerprint density at radius 1 is 0.968 bits per heavy atom. The van der Waals surface area contributed by atoms with Gasteiger partial charge in [-0.25, -0.2) is 0 Å². The number of aliphatic carboxylic acids is 1. The van der Waals surface area contributed by atoms with E-state index in [4.69, 9.17) is 4.74 Å². The number of hydrogen-bond donors (Lipinski definition) is 1. The number of nitrogens with zero attached hydrogens (tertiary/aromatic N) is 1. The van der Waals surface area contributed by atoms with Gasteiger partial charge in [0.1, 0.15) is 11.5 Å². The molecule has 0 amide bonds. The van der Waals surface area contributed by atoms with Gasteiger partial charge in [-0.2, -0.15) is 0 Å². The van der Waals surface area contributed by atoms with Crippen LogP contribution in [0.25, 0.3) is 10.9 Å². The zero-order chi connectivity index (χ0) is 21.8. The minimum Gasteiger partial charge on any atom is -0.481 e. The van der Waals surface area contributed by atoms with E-state index in [0.717, 1.165) is 35.2 Å². The van der Waals surface area contributed by atoms with Gasteiger partial charge in [0, 0.05) is 24.0 Å². The van der Waals surface area contributed by atoms with Gasteiger partial charge in [0.2, 0.25) is 0 Å². The Balaban J connectivity index is 1.81. The highest BCUT2D eigenvalue weighted by Gasteiger charge is 2.23. The summed E-state index contributed by atoms with van der Waals surface area (Å²) in [6, 6.07) is 23.7. The van der Waals surface area contributed by atoms with E-state index in [9.17, 15) is 9.90 Å². The number of fused-ring (bicyclic) bond motifs is 1. The third-order valence-corrected chi connectivity index (χ3v) is 5.73. The number of para-hydroxylation sites is 2. The molecule has 4 nitrogen and oxygen atoms in total. The maximum absolute atomic E-state index is 11.8. The van der Waals surface area contributed by atoms with Crippen molar-refractivity contribution in [3.8, 4) is 11.5 Å². The summed E-state index contributed by atoms with van der Waals surface area (Å²) in [6.07, 6.45) is 3.08.